The lowest BCUT2D eigenvalue weighted by molar-refractivity contribution is 0.0696. The van der Waals surface area contributed by atoms with E-state index in [1.807, 2.05) is 12.1 Å². The Kier molecular flexibility index (Phi) is 3.33. The van der Waals surface area contributed by atoms with Crippen LogP contribution in [0.3, 0.4) is 0 Å². The third kappa shape index (κ3) is 2.70. The SMILES string of the molecule is Nc1ccccc1N=Cc1cc(C(=O)O)ccn1. The number of rotatable bonds is 3. The summed E-state index contributed by atoms with van der Waals surface area (Å²) in [6.07, 6.45) is 2.91. The molecular formula is C13H11N3O2. The van der Waals surface area contributed by atoms with Crippen molar-refractivity contribution >= 4 is 23.6 Å². The number of carboxylic acids is 1. The Morgan fingerprint density at radius 3 is 2.83 bits per heavy atom. The number of anilines is 1. The van der Waals surface area contributed by atoms with Crippen LogP contribution in [0.5, 0.6) is 0 Å². The Labute approximate surface area is 104 Å². The Bertz CT molecular complexity index is 609. The van der Waals surface area contributed by atoms with E-state index in [2.05, 4.69) is 9.98 Å². The molecule has 0 saturated carbocycles. The Hall–Kier alpha value is -2.69. The van der Waals surface area contributed by atoms with Crippen LogP contribution >= 0.6 is 0 Å². The number of aliphatic imine (C=N–C) groups is 1. The van der Waals surface area contributed by atoms with E-state index in [0.29, 0.717) is 17.1 Å². The molecule has 5 heteroatoms. The molecule has 3 N–H and O–H groups in total. The van der Waals surface area contributed by atoms with Crippen molar-refractivity contribution in [3.05, 3.63) is 53.9 Å². The number of nitrogens with two attached hydrogens (primary N) is 1. The highest BCUT2D eigenvalue weighted by Gasteiger charge is 2.02. The average molecular weight is 241 g/mol. The van der Waals surface area contributed by atoms with Crippen molar-refractivity contribution in [3.63, 3.8) is 0 Å². The fourth-order valence-corrected chi connectivity index (χ4v) is 1.39. The molecule has 1 aromatic carbocycles. The summed E-state index contributed by atoms with van der Waals surface area (Å²) in [6.45, 7) is 0. The summed E-state index contributed by atoms with van der Waals surface area (Å²) in [6, 6.07) is 10.0. The van der Waals surface area contributed by atoms with Crippen LogP contribution in [0.1, 0.15) is 16.1 Å². The number of carboxylic acid groups (broad SMARTS) is 1. The maximum Gasteiger partial charge on any atom is 0.335 e. The zero-order valence-corrected chi connectivity index (χ0v) is 9.45. The highest BCUT2D eigenvalue weighted by molar-refractivity contribution is 5.90. The standard InChI is InChI=1S/C13H11N3O2/c14-11-3-1-2-4-12(11)16-8-10-7-9(13(17)18)5-6-15-10/h1-8H,14H2,(H,17,18). The van der Waals surface area contributed by atoms with E-state index in [-0.39, 0.29) is 5.56 Å². The number of benzene rings is 1. The summed E-state index contributed by atoms with van der Waals surface area (Å²) >= 11 is 0. The van der Waals surface area contributed by atoms with Crippen molar-refractivity contribution in [3.8, 4) is 0 Å². The van der Waals surface area contributed by atoms with Crippen LogP contribution in [-0.2, 0) is 0 Å². The average Bonchev–Trinajstić information content (AvgIpc) is 2.38. The molecule has 0 aliphatic heterocycles. The van der Waals surface area contributed by atoms with Gasteiger partial charge in [0.05, 0.1) is 28.8 Å². The van der Waals surface area contributed by atoms with E-state index in [1.54, 1.807) is 12.1 Å². The van der Waals surface area contributed by atoms with E-state index in [1.165, 1.54) is 24.5 Å². The number of aromatic nitrogens is 1. The van der Waals surface area contributed by atoms with Crippen molar-refractivity contribution in [1.29, 1.82) is 0 Å². The van der Waals surface area contributed by atoms with Gasteiger partial charge in [-0.2, -0.15) is 0 Å². The van der Waals surface area contributed by atoms with Gasteiger partial charge in [0.25, 0.3) is 0 Å². The highest BCUT2D eigenvalue weighted by Crippen LogP contribution is 2.20. The van der Waals surface area contributed by atoms with Gasteiger partial charge >= 0.3 is 5.97 Å². The van der Waals surface area contributed by atoms with E-state index < -0.39 is 5.97 Å². The molecule has 90 valence electrons. The predicted octanol–water partition coefficient (Wildman–Crippen LogP) is 2.11. The van der Waals surface area contributed by atoms with Crippen molar-refractivity contribution in [1.82, 2.24) is 4.98 Å². The quantitative estimate of drug-likeness (QED) is 0.636. The molecule has 18 heavy (non-hydrogen) atoms. The van der Waals surface area contributed by atoms with Crippen LogP contribution < -0.4 is 5.73 Å². The Morgan fingerprint density at radius 1 is 1.33 bits per heavy atom. The van der Waals surface area contributed by atoms with Crippen LogP contribution in [-0.4, -0.2) is 22.3 Å². The first kappa shape index (κ1) is 11.8. The van der Waals surface area contributed by atoms with Crippen molar-refractivity contribution < 1.29 is 9.90 Å². The molecule has 0 fully saturated rings. The number of nitrogen functional groups attached to an aromatic ring is 1. The number of carbonyl (C=O) groups is 1. The first-order valence-electron chi connectivity index (χ1n) is 5.25. The summed E-state index contributed by atoms with van der Waals surface area (Å²) in [5, 5.41) is 8.85. The molecular weight excluding hydrogens is 230 g/mol. The van der Waals surface area contributed by atoms with E-state index >= 15 is 0 Å². The number of hydrogen-bond acceptors (Lipinski definition) is 4. The van der Waals surface area contributed by atoms with Crippen LogP contribution in [0.25, 0.3) is 0 Å². The van der Waals surface area contributed by atoms with Gasteiger partial charge in [-0.1, -0.05) is 12.1 Å². The number of hydrogen-bond donors (Lipinski definition) is 2. The van der Waals surface area contributed by atoms with Gasteiger partial charge in [-0.3, -0.25) is 9.98 Å². The third-order valence-electron chi connectivity index (χ3n) is 2.30. The zero-order valence-electron chi connectivity index (χ0n) is 9.45. The molecule has 2 rings (SSSR count). The summed E-state index contributed by atoms with van der Waals surface area (Å²) in [4.78, 5) is 19.0. The molecule has 1 aromatic heterocycles. The third-order valence-corrected chi connectivity index (χ3v) is 2.30. The van der Waals surface area contributed by atoms with Crippen LogP contribution in [0, 0.1) is 0 Å². The Balaban J connectivity index is 2.27. The second kappa shape index (κ2) is 5.09. The fraction of sp³-hybridized carbons (Fsp3) is 0. The molecule has 0 aliphatic carbocycles. The van der Waals surface area contributed by atoms with Crippen molar-refractivity contribution in [2.24, 2.45) is 4.99 Å². The fourth-order valence-electron chi connectivity index (χ4n) is 1.39. The first-order valence-corrected chi connectivity index (χ1v) is 5.25. The summed E-state index contributed by atoms with van der Waals surface area (Å²) in [5.41, 5.74) is 7.56. The van der Waals surface area contributed by atoms with Gasteiger partial charge in [0.15, 0.2) is 0 Å². The molecule has 0 spiro atoms. The Morgan fingerprint density at radius 2 is 2.11 bits per heavy atom. The first-order chi connectivity index (χ1) is 8.66. The number of nitrogens with zero attached hydrogens (tertiary/aromatic N) is 2. The number of para-hydroxylation sites is 2. The second-order valence-corrected chi connectivity index (χ2v) is 3.59. The zero-order chi connectivity index (χ0) is 13.0. The summed E-state index contributed by atoms with van der Waals surface area (Å²) in [5.74, 6) is -0.994. The minimum absolute atomic E-state index is 0.174. The topological polar surface area (TPSA) is 88.6 Å². The van der Waals surface area contributed by atoms with Crippen molar-refractivity contribution in [2.45, 2.75) is 0 Å². The van der Waals surface area contributed by atoms with Gasteiger partial charge in [0, 0.05) is 6.20 Å². The van der Waals surface area contributed by atoms with Gasteiger partial charge in [0.2, 0.25) is 0 Å². The van der Waals surface area contributed by atoms with Crippen LogP contribution in [0.4, 0.5) is 11.4 Å². The second-order valence-electron chi connectivity index (χ2n) is 3.59. The summed E-state index contributed by atoms with van der Waals surface area (Å²) < 4.78 is 0. The molecule has 0 aliphatic rings. The molecule has 0 saturated heterocycles. The minimum atomic E-state index is -0.994. The largest absolute Gasteiger partial charge is 0.478 e. The van der Waals surface area contributed by atoms with Crippen LogP contribution in [0.2, 0.25) is 0 Å². The molecule has 0 atom stereocenters. The molecule has 0 amide bonds. The molecule has 5 nitrogen and oxygen atoms in total. The number of aromatic carboxylic acids is 1. The van der Waals surface area contributed by atoms with Crippen molar-refractivity contribution in [2.75, 3.05) is 5.73 Å². The van der Waals surface area contributed by atoms with Crippen LogP contribution in [0.15, 0.2) is 47.6 Å². The molecule has 1 heterocycles. The maximum atomic E-state index is 10.8. The lowest BCUT2D eigenvalue weighted by atomic mass is 10.2. The minimum Gasteiger partial charge on any atom is -0.478 e. The van der Waals surface area contributed by atoms with Gasteiger partial charge in [-0.15, -0.1) is 0 Å². The lowest BCUT2D eigenvalue weighted by Gasteiger charge is -1.98. The normalized spacial score (nSPS) is 10.7. The number of pyridine rings is 1. The van der Waals surface area contributed by atoms with E-state index in [4.69, 9.17) is 10.8 Å². The monoisotopic (exact) mass is 241 g/mol. The van der Waals surface area contributed by atoms with Gasteiger partial charge in [-0.05, 0) is 24.3 Å². The summed E-state index contributed by atoms with van der Waals surface area (Å²) in [7, 11) is 0. The lowest BCUT2D eigenvalue weighted by Crippen LogP contribution is -1.98. The molecule has 2 aromatic rings. The molecule has 0 unspecified atom stereocenters. The highest BCUT2D eigenvalue weighted by atomic mass is 16.4. The van der Waals surface area contributed by atoms with Gasteiger partial charge in [0.1, 0.15) is 0 Å². The van der Waals surface area contributed by atoms with Gasteiger partial charge < -0.3 is 10.8 Å². The molecule has 0 radical (unpaired) electrons. The molecule has 0 bridgehead atoms. The smallest absolute Gasteiger partial charge is 0.335 e. The van der Waals surface area contributed by atoms with E-state index in [9.17, 15) is 4.79 Å². The maximum absolute atomic E-state index is 10.8. The van der Waals surface area contributed by atoms with E-state index in [0.717, 1.165) is 0 Å². The van der Waals surface area contributed by atoms with Gasteiger partial charge in [-0.25, -0.2) is 4.79 Å². The predicted molar refractivity (Wildman–Crippen MR) is 69.3 cm³/mol.